The van der Waals surface area contributed by atoms with Gasteiger partial charge in [0.15, 0.2) is 0 Å². The van der Waals surface area contributed by atoms with Crippen LogP contribution in [0.5, 0.6) is 0 Å². The normalized spacial score (nSPS) is 18.8. The molecule has 0 unspecified atom stereocenters. The monoisotopic (exact) mass is 408 g/mol. The molecule has 3 rings (SSSR count). The van der Waals surface area contributed by atoms with E-state index in [4.69, 9.17) is 0 Å². The number of amides is 4. The summed E-state index contributed by atoms with van der Waals surface area (Å²) in [4.78, 5) is 57.3. The van der Waals surface area contributed by atoms with E-state index in [1.807, 2.05) is 0 Å². The highest BCUT2D eigenvalue weighted by molar-refractivity contribution is 6.16. The summed E-state index contributed by atoms with van der Waals surface area (Å²) in [5, 5.41) is 5.01. The predicted molar refractivity (Wildman–Crippen MR) is 110 cm³/mol. The highest BCUT2D eigenvalue weighted by Crippen LogP contribution is 2.20. The first kappa shape index (κ1) is 20.6. The largest absolute Gasteiger partial charge is 0.310 e. The average Bonchev–Trinajstić information content (AvgIpc) is 3.06. The van der Waals surface area contributed by atoms with Crippen LogP contribution in [0.1, 0.15) is 25.0 Å². The summed E-state index contributed by atoms with van der Waals surface area (Å²) in [5.41, 5.74) is 2.13. The number of hydrogen-bond donors (Lipinski definition) is 2. The first-order chi connectivity index (χ1) is 14.2. The molecule has 10 nitrogen and oxygen atoms in total. The zero-order chi connectivity index (χ0) is 22.0. The first-order valence-corrected chi connectivity index (χ1v) is 8.98. The Balaban J connectivity index is 1.76. The van der Waals surface area contributed by atoms with Gasteiger partial charge in [-0.2, -0.15) is 9.98 Å². The Bertz CT molecular complexity index is 980. The molecule has 0 saturated heterocycles. The van der Waals surface area contributed by atoms with Crippen molar-refractivity contribution < 1.29 is 19.2 Å². The zero-order valence-corrected chi connectivity index (χ0v) is 16.9. The molecule has 30 heavy (non-hydrogen) atoms. The van der Waals surface area contributed by atoms with E-state index in [1.54, 1.807) is 50.5 Å². The zero-order valence-electron chi connectivity index (χ0n) is 16.9. The molecule has 1 aromatic carbocycles. The lowest BCUT2D eigenvalue weighted by Gasteiger charge is -2.15. The first-order valence-electron chi connectivity index (χ1n) is 8.98. The molecule has 2 aliphatic heterocycles. The Morgan fingerprint density at radius 1 is 0.767 bits per heavy atom. The molecule has 2 N–H and O–H groups in total. The molecule has 1 aromatic rings. The van der Waals surface area contributed by atoms with Gasteiger partial charge in [0.2, 0.25) is 23.7 Å². The summed E-state index contributed by atoms with van der Waals surface area (Å²) in [6.45, 7) is 2.68. The van der Waals surface area contributed by atoms with Crippen LogP contribution in [0.2, 0.25) is 0 Å². The summed E-state index contributed by atoms with van der Waals surface area (Å²) in [7, 11) is 3.27. The summed E-state index contributed by atoms with van der Waals surface area (Å²) >= 11 is 0. The van der Waals surface area contributed by atoms with E-state index in [2.05, 4.69) is 20.6 Å². The van der Waals surface area contributed by atoms with Gasteiger partial charge in [-0.05, 0) is 23.3 Å². The Labute approximate surface area is 172 Å². The second kappa shape index (κ2) is 8.11. The summed E-state index contributed by atoms with van der Waals surface area (Å²) < 4.78 is 0. The lowest BCUT2D eigenvalue weighted by atomic mass is 10.1. The lowest BCUT2D eigenvalue weighted by molar-refractivity contribution is -0.118. The van der Waals surface area contributed by atoms with Crippen LogP contribution in [0, 0.1) is 0 Å². The van der Waals surface area contributed by atoms with E-state index in [9.17, 15) is 19.2 Å². The van der Waals surface area contributed by atoms with Gasteiger partial charge in [0.05, 0.1) is 0 Å². The van der Waals surface area contributed by atoms with Gasteiger partial charge in [0, 0.05) is 27.9 Å². The van der Waals surface area contributed by atoms with Crippen molar-refractivity contribution in [3.05, 3.63) is 46.8 Å². The number of nitrogens with zero attached hydrogens (tertiary/aromatic N) is 4. The minimum absolute atomic E-state index is 0.179. The van der Waals surface area contributed by atoms with Gasteiger partial charge in [-0.1, -0.05) is 24.3 Å². The van der Waals surface area contributed by atoms with Gasteiger partial charge < -0.3 is 9.80 Å². The van der Waals surface area contributed by atoms with Gasteiger partial charge in [0.1, 0.15) is 11.4 Å². The number of nitrogens with one attached hydrogen (secondary N) is 2. The maximum atomic E-state index is 12.1. The summed E-state index contributed by atoms with van der Waals surface area (Å²) in [6.07, 6.45) is 3.31. The highest BCUT2D eigenvalue weighted by atomic mass is 16.2. The summed E-state index contributed by atoms with van der Waals surface area (Å²) in [5.74, 6) is -1.18. The van der Waals surface area contributed by atoms with Crippen molar-refractivity contribution >= 4 is 47.7 Å². The number of guanidine groups is 2. The minimum atomic E-state index is -0.451. The molecular formula is C20H20N6O4. The second-order valence-corrected chi connectivity index (χ2v) is 6.69. The van der Waals surface area contributed by atoms with Gasteiger partial charge in [0.25, 0.3) is 11.8 Å². The van der Waals surface area contributed by atoms with Crippen molar-refractivity contribution in [3.63, 3.8) is 0 Å². The van der Waals surface area contributed by atoms with Crippen LogP contribution in [0.15, 0.2) is 45.6 Å². The van der Waals surface area contributed by atoms with Crippen LogP contribution in [-0.4, -0.2) is 59.4 Å². The number of hydrogen-bond acceptors (Lipinski definition) is 6. The topological polar surface area (TPSA) is 124 Å². The van der Waals surface area contributed by atoms with E-state index in [0.29, 0.717) is 11.4 Å². The predicted octanol–water partition coefficient (Wildman–Crippen LogP) is 0.297. The SMILES string of the molecule is CC(=O)NC1=NC(=O)/C(=C/c2ccc(/C=C3\C(=O)N=C(NC(C)=O)N3C)cc2)N1C. The molecule has 0 aromatic heterocycles. The molecule has 0 spiro atoms. The van der Waals surface area contributed by atoms with Crippen LogP contribution in [-0.2, 0) is 19.2 Å². The molecule has 2 aliphatic rings. The van der Waals surface area contributed by atoms with Crippen LogP contribution in [0.4, 0.5) is 0 Å². The fourth-order valence-electron chi connectivity index (χ4n) is 2.83. The van der Waals surface area contributed by atoms with E-state index in [0.717, 1.165) is 11.1 Å². The lowest BCUT2D eigenvalue weighted by Crippen LogP contribution is -2.37. The average molecular weight is 408 g/mol. The van der Waals surface area contributed by atoms with Crippen molar-refractivity contribution in [2.45, 2.75) is 13.8 Å². The van der Waals surface area contributed by atoms with Gasteiger partial charge in [-0.3, -0.25) is 29.8 Å². The molecule has 0 radical (unpaired) electrons. The molecule has 0 bridgehead atoms. The quantitative estimate of drug-likeness (QED) is 0.679. The molecule has 0 saturated carbocycles. The van der Waals surface area contributed by atoms with E-state index in [1.165, 1.54) is 23.6 Å². The standard InChI is InChI=1S/C20H20N6O4/c1-11(27)21-19-23-17(29)15(25(19)3)9-13-5-7-14(8-6-13)10-16-18(30)24-20(26(16)4)22-12(2)28/h5-10H,1-4H3,(H,21,23,27,29)(H,22,24,28,30)/b15-9-,16-10+. The molecule has 2 heterocycles. The number of rotatable bonds is 2. The minimum Gasteiger partial charge on any atom is -0.310 e. The number of carbonyl (C=O) groups excluding carboxylic acids is 4. The van der Waals surface area contributed by atoms with E-state index < -0.39 is 11.8 Å². The number of carbonyl (C=O) groups is 4. The van der Waals surface area contributed by atoms with Crippen LogP contribution in [0.25, 0.3) is 12.2 Å². The Kier molecular flexibility index (Phi) is 5.58. The molecule has 0 atom stereocenters. The van der Waals surface area contributed by atoms with Crippen molar-refractivity contribution in [3.8, 4) is 0 Å². The van der Waals surface area contributed by atoms with Crippen molar-refractivity contribution in [2.24, 2.45) is 9.98 Å². The third kappa shape index (κ3) is 4.32. The molecular weight excluding hydrogens is 388 g/mol. The van der Waals surface area contributed by atoms with Gasteiger partial charge >= 0.3 is 0 Å². The molecule has 4 amide bonds. The van der Waals surface area contributed by atoms with Gasteiger partial charge in [-0.15, -0.1) is 0 Å². The van der Waals surface area contributed by atoms with Crippen molar-refractivity contribution in [1.29, 1.82) is 0 Å². The third-order valence-corrected chi connectivity index (χ3v) is 4.33. The molecule has 154 valence electrons. The van der Waals surface area contributed by atoms with Gasteiger partial charge in [-0.25, -0.2) is 0 Å². The van der Waals surface area contributed by atoms with E-state index >= 15 is 0 Å². The Hall–Kier alpha value is -4.08. The van der Waals surface area contributed by atoms with Crippen molar-refractivity contribution in [1.82, 2.24) is 20.4 Å². The third-order valence-electron chi connectivity index (χ3n) is 4.33. The van der Waals surface area contributed by atoms with Crippen molar-refractivity contribution in [2.75, 3.05) is 14.1 Å². The van der Waals surface area contributed by atoms with E-state index in [-0.39, 0.29) is 23.7 Å². The van der Waals surface area contributed by atoms with Crippen LogP contribution < -0.4 is 10.6 Å². The summed E-state index contributed by atoms with van der Waals surface area (Å²) in [6, 6.07) is 7.13. The fourth-order valence-corrected chi connectivity index (χ4v) is 2.83. The Morgan fingerprint density at radius 2 is 1.10 bits per heavy atom. The number of likely N-dealkylation sites (N-methyl/N-ethyl adjacent to an activating group) is 2. The molecule has 0 fully saturated rings. The van der Waals surface area contributed by atoms with Crippen LogP contribution in [0.3, 0.4) is 0 Å². The fraction of sp³-hybridized carbons (Fsp3) is 0.200. The second-order valence-electron chi connectivity index (χ2n) is 6.69. The molecule has 0 aliphatic carbocycles. The Morgan fingerprint density at radius 3 is 1.40 bits per heavy atom. The number of aliphatic imine (C=N–C) groups is 2. The highest BCUT2D eigenvalue weighted by Gasteiger charge is 2.28. The maximum Gasteiger partial charge on any atom is 0.296 e. The smallest absolute Gasteiger partial charge is 0.296 e. The number of benzene rings is 1. The maximum absolute atomic E-state index is 12.1. The van der Waals surface area contributed by atoms with Crippen LogP contribution >= 0.6 is 0 Å². The molecule has 10 heteroatoms.